The zero-order valence-corrected chi connectivity index (χ0v) is 6.40. The van der Waals surface area contributed by atoms with Crippen LogP contribution in [0.25, 0.3) is 0 Å². The first-order chi connectivity index (χ1) is 5.79. The molecule has 0 radical (unpaired) electrons. The fourth-order valence-corrected chi connectivity index (χ4v) is 0.617. The average Bonchev–Trinajstić information content (AvgIpc) is 2.05. The van der Waals surface area contributed by atoms with Crippen LogP contribution in [0.2, 0.25) is 0 Å². The molecule has 5 N–H and O–H groups in total. The highest BCUT2D eigenvalue weighted by molar-refractivity contribution is 5.75. The lowest BCUT2D eigenvalue weighted by Crippen LogP contribution is -2.27. The molecule has 64 valence electrons. The van der Waals surface area contributed by atoms with Crippen LogP contribution in [0.5, 0.6) is 5.75 Å². The van der Waals surface area contributed by atoms with Crippen molar-refractivity contribution >= 4 is 5.96 Å². The molecule has 0 saturated heterocycles. The zero-order chi connectivity index (χ0) is 8.81. The van der Waals surface area contributed by atoms with Crippen LogP contribution >= 0.6 is 0 Å². The van der Waals surface area contributed by atoms with Crippen molar-refractivity contribution in [1.29, 1.82) is 0 Å². The third kappa shape index (κ3) is 2.78. The van der Waals surface area contributed by atoms with Gasteiger partial charge in [0.05, 0.1) is 0 Å². The molecule has 0 heterocycles. The van der Waals surface area contributed by atoms with Crippen LogP contribution in [0.1, 0.15) is 0 Å². The first-order valence-corrected chi connectivity index (χ1v) is 3.34. The molecule has 0 bridgehead atoms. The molecule has 1 rings (SSSR count). The summed E-state index contributed by atoms with van der Waals surface area (Å²) in [7, 11) is 0. The monoisotopic (exact) mass is 166 g/mol. The third-order valence-electron chi connectivity index (χ3n) is 1.08. The lowest BCUT2D eigenvalue weighted by atomic mass is 10.3. The van der Waals surface area contributed by atoms with Crippen LogP contribution in [0.4, 0.5) is 0 Å². The number of hydrogen-bond acceptors (Lipinski definition) is 3. The maximum Gasteiger partial charge on any atom is 0.211 e. The van der Waals surface area contributed by atoms with Crippen molar-refractivity contribution in [2.24, 2.45) is 16.6 Å². The minimum absolute atomic E-state index is 0.0778. The van der Waals surface area contributed by atoms with Crippen LogP contribution in [-0.4, -0.2) is 5.96 Å². The quantitative estimate of drug-likeness (QED) is 0.328. The Morgan fingerprint density at radius 1 is 1.25 bits per heavy atom. The van der Waals surface area contributed by atoms with E-state index in [1.165, 1.54) is 0 Å². The molecule has 0 aliphatic heterocycles. The van der Waals surface area contributed by atoms with E-state index in [1.807, 2.05) is 18.2 Å². The van der Waals surface area contributed by atoms with Crippen molar-refractivity contribution in [3.8, 4) is 5.75 Å². The van der Waals surface area contributed by atoms with Crippen LogP contribution in [0.3, 0.4) is 0 Å². The molecule has 0 aliphatic carbocycles. The SMILES string of the molecule is NC(N)=NNOc1ccccc1. The van der Waals surface area contributed by atoms with E-state index in [4.69, 9.17) is 16.3 Å². The Labute approximate surface area is 70.0 Å². The van der Waals surface area contributed by atoms with E-state index in [2.05, 4.69) is 10.7 Å². The molecule has 5 heteroatoms. The molecule has 0 spiro atoms. The number of hydrogen-bond donors (Lipinski definition) is 3. The molecule has 1 aromatic carbocycles. The van der Waals surface area contributed by atoms with Gasteiger partial charge in [-0.15, -0.1) is 10.7 Å². The first-order valence-electron chi connectivity index (χ1n) is 3.34. The summed E-state index contributed by atoms with van der Waals surface area (Å²) >= 11 is 0. The highest BCUT2D eigenvalue weighted by Gasteiger charge is 1.87. The Bertz CT molecular complexity index is 255. The number of benzene rings is 1. The van der Waals surface area contributed by atoms with Gasteiger partial charge in [0.2, 0.25) is 5.96 Å². The van der Waals surface area contributed by atoms with Crippen LogP contribution < -0.4 is 21.9 Å². The van der Waals surface area contributed by atoms with Gasteiger partial charge in [-0.3, -0.25) is 0 Å². The van der Waals surface area contributed by atoms with Crippen LogP contribution in [0.15, 0.2) is 35.4 Å². The Morgan fingerprint density at radius 3 is 2.50 bits per heavy atom. The molecular formula is C7H10N4O. The summed E-state index contributed by atoms with van der Waals surface area (Å²) in [5.41, 5.74) is 12.3. The van der Waals surface area contributed by atoms with Crippen molar-refractivity contribution in [1.82, 2.24) is 5.59 Å². The number of nitrogens with one attached hydrogen (secondary N) is 1. The van der Waals surface area contributed by atoms with Gasteiger partial charge in [-0.05, 0) is 12.1 Å². The lowest BCUT2D eigenvalue weighted by molar-refractivity contribution is 0.201. The molecule has 5 nitrogen and oxygen atoms in total. The van der Waals surface area contributed by atoms with Crippen molar-refractivity contribution in [2.75, 3.05) is 0 Å². The van der Waals surface area contributed by atoms with Crippen LogP contribution in [0, 0.1) is 0 Å². The van der Waals surface area contributed by atoms with Gasteiger partial charge in [-0.1, -0.05) is 18.2 Å². The fourth-order valence-electron chi connectivity index (χ4n) is 0.617. The van der Waals surface area contributed by atoms with Gasteiger partial charge in [-0.2, -0.15) is 0 Å². The summed E-state index contributed by atoms with van der Waals surface area (Å²) in [6.07, 6.45) is 0. The molecule has 0 aromatic heterocycles. The molecule has 0 fully saturated rings. The summed E-state index contributed by atoms with van der Waals surface area (Å²) in [5.74, 6) is 0.563. The lowest BCUT2D eigenvalue weighted by Gasteiger charge is -2.01. The van der Waals surface area contributed by atoms with E-state index in [9.17, 15) is 0 Å². The van der Waals surface area contributed by atoms with Gasteiger partial charge in [-0.25, -0.2) is 0 Å². The van der Waals surface area contributed by atoms with E-state index in [0.29, 0.717) is 5.75 Å². The summed E-state index contributed by atoms with van der Waals surface area (Å²) in [6, 6.07) is 9.11. The van der Waals surface area contributed by atoms with Gasteiger partial charge in [0.1, 0.15) is 0 Å². The Morgan fingerprint density at radius 2 is 1.92 bits per heavy atom. The third-order valence-corrected chi connectivity index (χ3v) is 1.08. The maximum atomic E-state index is 5.04. The van der Waals surface area contributed by atoms with Gasteiger partial charge in [0.15, 0.2) is 5.75 Å². The zero-order valence-electron chi connectivity index (χ0n) is 6.40. The Kier molecular flexibility index (Phi) is 2.78. The van der Waals surface area contributed by atoms with E-state index in [1.54, 1.807) is 12.1 Å². The normalized spacial score (nSPS) is 8.67. The molecule has 1 aromatic rings. The first kappa shape index (κ1) is 8.19. The van der Waals surface area contributed by atoms with E-state index in [-0.39, 0.29) is 5.96 Å². The van der Waals surface area contributed by atoms with Gasteiger partial charge in [0.25, 0.3) is 0 Å². The van der Waals surface area contributed by atoms with Crippen molar-refractivity contribution < 1.29 is 4.84 Å². The molecule has 0 amide bonds. The predicted octanol–water partition coefficient (Wildman–Crippen LogP) is -0.242. The molecule has 0 unspecified atom stereocenters. The van der Waals surface area contributed by atoms with E-state index >= 15 is 0 Å². The number of nitrogens with zero attached hydrogens (tertiary/aromatic N) is 1. The summed E-state index contributed by atoms with van der Waals surface area (Å²) in [4.78, 5) is 4.92. The fraction of sp³-hybridized carbons (Fsp3) is 0. The van der Waals surface area contributed by atoms with Crippen molar-refractivity contribution in [3.05, 3.63) is 30.3 Å². The standard InChI is InChI=1S/C7H10N4O/c8-7(9)10-11-12-6-4-2-1-3-5-6/h1-5,11H,(H4,8,9,10). The minimum Gasteiger partial charge on any atom is -0.369 e. The Balaban J connectivity index is 2.39. The summed E-state index contributed by atoms with van der Waals surface area (Å²) in [6.45, 7) is 0. The van der Waals surface area contributed by atoms with E-state index in [0.717, 1.165) is 0 Å². The molecular weight excluding hydrogens is 156 g/mol. The second-order valence-electron chi connectivity index (χ2n) is 2.04. The van der Waals surface area contributed by atoms with Crippen LogP contribution in [-0.2, 0) is 0 Å². The van der Waals surface area contributed by atoms with Gasteiger partial charge < -0.3 is 16.3 Å². The predicted molar refractivity (Wildman–Crippen MR) is 46.0 cm³/mol. The second-order valence-corrected chi connectivity index (χ2v) is 2.04. The smallest absolute Gasteiger partial charge is 0.211 e. The molecule has 0 aliphatic rings. The number of hydrazone groups is 1. The summed E-state index contributed by atoms with van der Waals surface area (Å²) in [5, 5.41) is 3.42. The van der Waals surface area contributed by atoms with Crippen molar-refractivity contribution in [2.45, 2.75) is 0 Å². The highest BCUT2D eigenvalue weighted by atomic mass is 16.7. The average molecular weight is 166 g/mol. The number of nitrogens with two attached hydrogens (primary N) is 2. The second kappa shape index (κ2) is 4.07. The molecule has 12 heavy (non-hydrogen) atoms. The van der Waals surface area contributed by atoms with Crippen molar-refractivity contribution in [3.63, 3.8) is 0 Å². The van der Waals surface area contributed by atoms with Gasteiger partial charge in [0, 0.05) is 0 Å². The minimum atomic E-state index is -0.0778. The maximum absolute atomic E-state index is 5.04. The topological polar surface area (TPSA) is 85.7 Å². The van der Waals surface area contributed by atoms with Gasteiger partial charge >= 0.3 is 0 Å². The highest BCUT2D eigenvalue weighted by Crippen LogP contribution is 2.05. The largest absolute Gasteiger partial charge is 0.369 e. The summed E-state index contributed by atoms with van der Waals surface area (Å²) < 4.78 is 0. The number of guanidine groups is 1. The number of rotatable bonds is 3. The molecule has 0 saturated carbocycles. The Hall–Kier alpha value is -1.91. The number of para-hydroxylation sites is 1. The van der Waals surface area contributed by atoms with E-state index < -0.39 is 0 Å². The molecule has 0 atom stereocenters.